The Morgan fingerprint density at radius 3 is 2.75 bits per heavy atom. The van der Waals surface area contributed by atoms with E-state index in [0.717, 1.165) is 17.9 Å². The van der Waals surface area contributed by atoms with E-state index >= 15 is 0 Å². The van der Waals surface area contributed by atoms with E-state index in [-0.39, 0.29) is 6.04 Å². The van der Waals surface area contributed by atoms with Crippen LogP contribution >= 0.6 is 0 Å². The van der Waals surface area contributed by atoms with Crippen LogP contribution in [0.2, 0.25) is 0 Å². The Bertz CT molecular complexity index is 231. The monoisotopic (exact) mass is 166 g/mol. The molecular formula is C9H14N2O. The average molecular weight is 166 g/mol. The van der Waals surface area contributed by atoms with Gasteiger partial charge in [0.05, 0.1) is 13.3 Å². The summed E-state index contributed by atoms with van der Waals surface area (Å²) in [5.74, 6) is 0.781. The summed E-state index contributed by atoms with van der Waals surface area (Å²) in [6.45, 7) is 1.96. The molecule has 1 aromatic rings. The van der Waals surface area contributed by atoms with Crippen molar-refractivity contribution in [3.8, 4) is 5.75 Å². The van der Waals surface area contributed by atoms with Gasteiger partial charge in [-0.15, -0.1) is 0 Å². The van der Waals surface area contributed by atoms with Gasteiger partial charge in [0, 0.05) is 18.2 Å². The van der Waals surface area contributed by atoms with Gasteiger partial charge in [-0.3, -0.25) is 4.98 Å². The van der Waals surface area contributed by atoms with Crippen LogP contribution < -0.4 is 10.5 Å². The van der Waals surface area contributed by atoms with Gasteiger partial charge < -0.3 is 10.5 Å². The zero-order valence-electron chi connectivity index (χ0n) is 7.45. The lowest BCUT2D eigenvalue weighted by Gasteiger charge is -2.04. The van der Waals surface area contributed by atoms with Crippen LogP contribution in [0, 0.1) is 0 Å². The van der Waals surface area contributed by atoms with Gasteiger partial charge in [-0.2, -0.15) is 0 Å². The second-order valence-corrected chi connectivity index (χ2v) is 2.87. The molecule has 1 atom stereocenters. The Morgan fingerprint density at radius 2 is 2.33 bits per heavy atom. The van der Waals surface area contributed by atoms with Gasteiger partial charge in [0.2, 0.25) is 0 Å². The summed E-state index contributed by atoms with van der Waals surface area (Å²) in [7, 11) is 1.63. The summed E-state index contributed by atoms with van der Waals surface area (Å²) >= 11 is 0. The molecule has 0 fully saturated rings. The molecule has 1 aromatic heterocycles. The Balaban J connectivity index is 2.65. The Morgan fingerprint density at radius 1 is 1.58 bits per heavy atom. The van der Waals surface area contributed by atoms with Gasteiger partial charge in [0.15, 0.2) is 0 Å². The van der Waals surface area contributed by atoms with Gasteiger partial charge in [0.25, 0.3) is 0 Å². The highest BCUT2D eigenvalue weighted by molar-refractivity contribution is 5.19. The van der Waals surface area contributed by atoms with Gasteiger partial charge in [0.1, 0.15) is 5.75 Å². The first-order valence-corrected chi connectivity index (χ1v) is 3.97. The van der Waals surface area contributed by atoms with Crippen LogP contribution in [0.25, 0.3) is 0 Å². The standard InChI is InChI=1S/C9H14N2O/c1-7(10)5-8-3-4-9(12-2)6-11-8/h3-4,6-7H,5,10H2,1-2H3/t7-/m1/s1. The van der Waals surface area contributed by atoms with Crippen LogP contribution in [0.5, 0.6) is 5.75 Å². The predicted octanol–water partition coefficient (Wildman–Crippen LogP) is 0.980. The van der Waals surface area contributed by atoms with Crippen molar-refractivity contribution in [1.29, 1.82) is 0 Å². The van der Waals surface area contributed by atoms with Gasteiger partial charge in [-0.05, 0) is 19.1 Å². The molecule has 3 heteroatoms. The van der Waals surface area contributed by atoms with E-state index in [0.29, 0.717) is 0 Å². The van der Waals surface area contributed by atoms with E-state index in [1.165, 1.54) is 0 Å². The molecule has 2 N–H and O–H groups in total. The molecule has 0 aliphatic heterocycles. The molecule has 0 saturated heterocycles. The third-order valence-electron chi connectivity index (χ3n) is 1.56. The molecular weight excluding hydrogens is 152 g/mol. The molecule has 1 rings (SSSR count). The van der Waals surface area contributed by atoms with Crippen molar-refractivity contribution in [3.63, 3.8) is 0 Å². The van der Waals surface area contributed by atoms with Crippen LogP contribution in [-0.4, -0.2) is 18.1 Å². The van der Waals surface area contributed by atoms with Crippen LogP contribution in [0.1, 0.15) is 12.6 Å². The number of methoxy groups -OCH3 is 1. The zero-order valence-corrected chi connectivity index (χ0v) is 7.45. The van der Waals surface area contributed by atoms with Crippen LogP contribution in [0.15, 0.2) is 18.3 Å². The number of nitrogens with two attached hydrogens (primary N) is 1. The molecule has 66 valence electrons. The second kappa shape index (κ2) is 4.07. The Kier molecular flexibility index (Phi) is 3.05. The minimum absolute atomic E-state index is 0.158. The highest BCUT2D eigenvalue weighted by Gasteiger charge is 1.98. The molecule has 0 aromatic carbocycles. The van der Waals surface area contributed by atoms with Crippen LogP contribution in [0.4, 0.5) is 0 Å². The quantitative estimate of drug-likeness (QED) is 0.728. The maximum absolute atomic E-state index is 5.62. The fourth-order valence-electron chi connectivity index (χ4n) is 0.982. The molecule has 3 nitrogen and oxygen atoms in total. The summed E-state index contributed by atoms with van der Waals surface area (Å²) in [4.78, 5) is 4.18. The van der Waals surface area contributed by atoms with Crippen molar-refractivity contribution >= 4 is 0 Å². The van der Waals surface area contributed by atoms with E-state index in [1.54, 1.807) is 13.3 Å². The minimum atomic E-state index is 0.158. The lowest BCUT2D eigenvalue weighted by molar-refractivity contribution is 0.412. The summed E-state index contributed by atoms with van der Waals surface area (Å²) in [6.07, 6.45) is 2.52. The van der Waals surface area contributed by atoms with Gasteiger partial charge >= 0.3 is 0 Å². The molecule has 0 aliphatic carbocycles. The molecule has 0 saturated carbocycles. The van der Waals surface area contributed by atoms with Crippen molar-refractivity contribution in [2.45, 2.75) is 19.4 Å². The predicted molar refractivity (Wildman–Crippen MR) is 48.1 cm³/mol. The Hall–Kier alpha value is -1.09. The smallest absolute Gasteiger partial charge is 0.137 e. The van der Waals surface area contributed by atoms with Crippen molar-refractivity contribution in [1.82, 2.24) is 4.98 Å². The van der Waals surface area contributed by atoms with E-state index in [1.807, 2.05) is 19.1 Å². The second-order valence-electron chi connectivity index (χ2n) is 2.87. The summed E-state index contributed by atoms with van der Waals surface area (Å²) in [6, 6.07) is 3.98. The molecule has 12 heavy (non-hydrogen) atoms. The number of rotatable bonds is 3. The van der Waals surface area contributed by atoms with Crippen molar-refractivity contribution in [2.24, 2.45) is 5.73 Å². The van der Waals surface area contributed by atoms with E-state index in [4.69, 9.17) is 10.5 Å². The summed E-state index contributed by atoms with van der Waals surface area (Å²) in [5, 5.41) is 0. The highest BCUT2D eigenvalue weighted by atomic mass is 16.5. The molecule has 0 spiro atoms. The number of hydrogen-bond acceptors (Lipinski definition) is 3. The SMILES string of the molecule is COc1ccc(C[C@@H](C)N)nc1. The number of nitrogens with zero attached hydrogens (tertiary/aromatic N) is 1. The number of ether oxygens (including phenoxy) is 1. The average Bonchev–Trinajstić information content (AvgIpc) is 2.05. The maximum atomic E-state index is 5.62. The van der Waals surface area contributed by atoms with Crippen molar-refractivity contribution in [2.75, 3.05) is 7.11 Å². The van der Waals surface area contributed by atoms with E-state index in [9.17, 15) is 0 Å². The van der Waals surface area contributed by atoms with Gasteiger partial charge in [-0.1, -0.05) is 0 Å². The van der Waals surface area contributed by atoms with E-state index < -0.39 is 0 Å². The summed E-state index contributed by atoms with van der Waals surface area (Å²) in [5.41, 5.74) is 6.63. The largest absolute Gasteiger partial charge is 0.495 e. The third-order valence-corrected chi connectivity index (χ3v) is 1.56. The Labute approximate surface area is 72.6 Å². The number of hydrogen-bond donors (Lipinski definition) is 1. The third kappa shape index (κ3) is 2.51. The molecule has 0 bridgehead atoms. The molecule has 0 aliphatic rings. The summed E-state index contributed by atoms with van der Waals surface area (Å²) < 4.78 is 4.98. The molecule has 1 heterocycles. The topological polar surface area (TPSA) is 48.1 Å². The lowest BCUT2D eigenvalue weighted by Crippen LogP contribution is -2.18. The first kappa shape index (κ1) is 9.00. The first-order valence-electron chi connectivity index (χ1n) is 3.97. The lowest BCUT2D eigenvalue weighted by atomic mass is 10.2. The molecule has 0 radical (unpaired) electrons. The van der Waals surface area contributed by atoms with Crippen molar-refractivity contribution in [3.05, 3.63) is 24.0 Å². The van der Waals surface area contributed by atoms with Crippen LogP contribution in [0.3, 0.4) is 0 Å². The number of pyridine rings is 1. The molecule has 0 amide bonds. The minimum Gasteiger partial charge on any atom is -0.495 e. The maximum Gasteiger partial charge on any atom is 0.137 e. The molecule has 0 unspecified atom stereocenters. The number of aromatic nitrogens is 1. The fourth-order valence-corrected chi connectivity index (χ4v) is 0.982. The van der Waals surface area contributed by atoms with Crippen molar-refractivity contribution < 1.29 is 4.74 Å². The fraction of sp³-hybridized carbons (Fsp3) is 0.444. The zero-order chi connectivity index (χ0) is 8.97. The van der Waals surface area contributed by atoms with Crippen LogP contribution in [-0.2, 0) is 6.42 Å². The highest BCUT2D eigenvalue weighted by Crippen LogP contribution is 2.08. The van der Waals surface area contributed by atoms with Gasteiger partial charge in [-0.25, -0.2) is 0 Å². The van der Waals surface area contributed by atoms with E-state index in [2.05, 4.69) is 4.98 Å². The normalized spacial score (nSPS) is 12.6. The first-order chi connectivity index (χ1) is 5.72.